The summed E-state index contributed by atoms with van der Waals surface area (Å²) >= 11 is 8.06. The maximum atomic E-state index is 11.7. The number of hydrogen-bond donors (Lipinski definition) is 1. The molecule has 2 aromatic heterocycles. The summed E-state index contributed by atoms with van der Waals surface area (Å²) in [5.74, 6) is 6.33. The quantitative estimate of drug-likeness (QED) is 0.426. The lowest BCUT2D eigenvalue weighted by Crippen LogP contribution is -2.41. The minimum Gasteiger partial charge on any atom is -0.497 e. The number of fused-ring (bicyclic) bond motifs is 1. The second kappa shape index (κ2) is 11.2. The van der Waals surface area contributed by atoms with Crippen molar-refractivity contribution in [1.29, 1.82) is 0 Å². The summed E-state index contributed by atoms with van der Waals surface area (Å²) in [6, 6.07) is 5.80. The Bertz CT molecular complexity index is 1200. The summed E-state index contributed by atoms with van der Waals surface area (Å²) < 4.78 is 5.38. The molecule has 178 valence electrons. The molecule has 6 nitrogen and oxygen atoms in total. The molecule has 4 rings (SSSR count). The van der Waals surface area contributed by atoms with Crippen molar-refractivity contribution in [2.24, 2.45) is 5.41 Å². The third kappa shape index (κ3) is 6.06. The highest BCUT2D eigenvalue weighted by Crippen LogP contribution is 2.40. The zero-order chi connectivity index (χ0) is 24.0. The number of carboxylic acids is 1. The van der Waals surface area contributed by atoms with Crippen molar-refractivity contribution >= 4 is 39.8 Å². The lowest BCUT2D eigenvalue weighted by molar-refractivity contribution is -0.140. The van der Waals surface area contributed by atoms with E-state index in [0.717, 1.165) is 73.1 Å². The highest BCUT2D eigenvalue weighted by Gasteiger charge is 2.36. The van der Waals surface area contributed by atoms with Gasteiger partial charge in [-0.05, 0) is 80.3 Å². The Kier molecular flexibility index (Phi) is 8.04. The number of aryl methyl sites for hydroxylation is 1. The minimum absolute atomic E-state index is 0.197. The summed E-state index contributed by atoms with van der Waals surface area (Å²) in [6.07, 6.45) is 6.10. The van der Waals surface area contributed by atoms with Gasteiger partial charge in [-0.25, -0.2) is 4.98 Å². The van der Waals surface area contributed by atoms with Crippen molar-refractivity contribution in [2.45, 2.75) is 38.5 Å². The number of rotatable bonds is 8. The van der Waals surface area contributed by atoms with Gasteiger partial charge in [0.1, 0.15) is 11.4 Å². The average molecular weight is 498 g/mol. The molecule has 1 aromatic carbocycles. The second-order valence-electron chi connectivity index (χ2n) is 8.84. The molecule has 0 amide bonds. The molecule has 1 fully saturated rings. The highest BCUT2D eigenvalue weighted by atomic mass is 35.5. The first-order valence-electron chi connectivity index (χ1n) is 11.4. The first-order valence-corrected chi connectivity index (χ1v) is 12.7. The summed E-state index contributed by atoms with van der Waals surface area (Å²) in [7, 11) is 1.64. The van der Waals surface area contributed by atoms with Gasteiger partial charge in [0.15, 0.2) is 0 Å². The number of likely N-dealkylation sites (tertiary alicyclic amines) is 1. The third-order valence-corrected chi connectivity index (χ3v) is 7.57. The van der Waals surface area contributed by atoms with Crippen LogP contribution >= 0.6 is 22.9 Å². The van der Waals surface area contributed by atoms with Crippen LogP contribution in [0.2, 0.25) is 5.02 Å². The van der Waals surface area contributed by atoms with Crippen molar-refractivity contribution in [1.82, 2.24) is 14.9 Å². The molecule has 1 N–H and O–H groups in total. The normalized spacial score (nSPS) is 15.6. The van der Waals surface area contributed by atoms with E-state index in [9.17, 15) is 9.90 Å². The number of aromatic nitrogens is 2. The molecule has 0 aliphatic carbocycles. The van der Waals surface area contributed by atoms with Crippen LogP contribution < -0.4 is 4.74 Å². The monoisotopic (exact) mass is 497 g/mol. The number of thiazole rings is 1. The molecule has 0 spiro atoms. The zero-order valence-corrected chi connectivity index (χ0v) is 20.8. The molecular formula is C26H28ClN3O3S. The average Bonchev–Trinajstić information content (AvgIpc) is 3.35. The summed E-state index contributed by atoms with van der Waals surface area (Å²) in [6.45, 7) is 2.39. The number of carbonyl (C=O) groups is 1. The Morgan fingerprint density at radius 2 is 2.15 bits per heavy atom. The molecule has 0 unspecified atom stereocenters. The van der Waals surface area contributed by atoms with Gasteiger partial charge in [0.05, 0.1) is 36.1 Å². The summed E-state index contributed by atoms with van der Waals surface area (Å²) in [5.41, 5.74) is 4.32. The lowest BCUT2D eigenvalue weighted by Gasteiger charge is -2.40. The van der Waals surface area contributed by atoms with Crippen molar-refractivity contribution < 1.29 is 14.6 Å². The Labute approximate surface area is 208 Å². The number of benzene rings is 1. The fourth-order valence-electron chi connectivity index (χ4n) is 4.76. The number of halogens is 1. The SMILES string of the molecule is COc1ccc2ncc(Cl)c(CCCC3(CC(=O)O)CCN(CC#Cc4cscn4)CC3)c2c1. The molecule has 0 radical (unpaired) electrons. The lowest BCUT2D eigenvalue weighted by atomic mass is 9.72. The van der Waals surface area contributed by atoms with Gasteiger partial charge < -0.3 is 9.84 Å². The van der Waals surface area contributed by atoms with Gasteiger partial charge in [0.2, 0.25) is 0 Å². The number of ether oxygens (including phenoxy) is 1. The maximum absolute atomic E-state index is 11.7. The molecule has 1 aliphatic heterocycles. The van der Waals surface area contributed by atoms with E-state index in [4.69, 9.17) is 16.3 Å². The van der Waals surface area contributed by atoms with Crippen molar-refractivity contribution in [2.75, 3.05) is 26.7 Å². The number of carboxylic acid groups (broad SMARTS) is 1. The van der Waals surface area contributed by atoms with E-state index in [1.54, 1.807) is 18.8 Å². The van der Waals surface area contributed by atoms with Gasteiger partial charge in [0, 0.05) is 17.0 Å². The van der Waals surface area contributed by atoms with E-state index in [2.05, 4.69) is 26.7 Å². The molecular weight excluding hydrogens is 470 g/mol. The minimum atomic E-state index is -0.728. The number of hydrogen-bond acceptors (Lipinski definition) is 6. The summed E-state index contributed by atoms with van der Waals surface area (Å²) in [5, 5.41) is 13.2. The molecule has 0 atom stereocenters. The second-order valence-corrected chi connectivity index (χ2v) is 9.97. The molecule has 34 heavy (non-hydrogen) atoms. The number of methoxy groups -OCH3 is 1. The van der Waals surface area contributed by atoms with E-state index in [-0.39, 0.29) is 11.8 Å². The van der Waals surface area contributed by atoms with Gasteiger partial charge in [0.25, 0.3) is 0 Å². The van der Waals surface area contributed by atoms with Crippen LogP contribution in [0.5, 0.6) is 5.75 Å². The van der Waals surface area contributed by atoms with Gasteiger partial charge in [-0.3, -0.25) is 14.7 Å². The van der Waals surface area contributed by atoms with Gasteiger partial charge >= 0.3 is 5.97 Å². The molecule has 0 bridgehead atoms. The Balaban J connectivity index is 1.40. The predicted molar refractivity (Wildman–Crippen MR) is 136 cm³/mol. The molecule has 3 heterocycles. The fraction of sp³-hybridized carbons (Fsp3) is 0.423. The fourth-order valence-corrected chi connectivity index (χ4v) is 5.49. The molecule has 1 aliphatic rings. The van der Waals surface area contributed by atoms with Crippen LogP contribution in [0.4, 0.5) is 0 Å². The topological polar surface area (TPSA) is 75.6 Å². The Morgan fingerprint density at radius 3 is 2.85 bits per heavy atom. The first kappa shape index (κ1) is 24.5. The van der Waals surface area contributed by atoms with Crippen LogP contribution in [-0.2, 0) is 11.2 Å². The van der Waals surface area contributed by atoms with Gasteiger partial charge in [-0.1, -0.05) is 17.5 Å². The molecule has 0 saturated carbocycles. The highest BCUT2D eigenvalue weighted by molar-refractivity contribution is 7.07. The largest absolute Gasteiger partial charge is 0.497 e. The van der Waals surface area contributed by atoms with Crippen LogP contribution in [0.25, 0.3) is 10.9 Å². The molecule has 3 aromatic rings. The van der Waals surface area contributed by atoms with E-state index in [0.29, 0.717) is 11.6 Å². The smallest absolute Gasteiger partial charge is 0.303 e. The van der Waals surface area contributed by atoms with Gasteiger partial charge in [-0.2, -0.15) is 0 Å². The maximum Gasteiger partial charge on any atom is 0.303 e. The molecule has 8 heteroatoms. The van der Waals surface area contributed by atoms with Gasteiger partial charge in [-0.15, -0.1) is 11.3 Å². The first-order chi connectivity index (χ1) is 16.5. The van der Waals surface area contributed by atoms with Crippen LogP contribution in [0, 0.1) is 17.3 Å². The van der Waals surface area contributed by atoms with Crippen LogP contribution in [-0.4, -0.2) is 52.7 Å². The molecule has 1 saturated heterocycles. The number of piperidine rings is 1. The third-order valence-electron chi connectivity index (χ3n) is 6.66. The van der Waals surface area contributed by atoms with E-state index in [1.165, 1.54) is 11.3 Å². The van der Waals surface area contributed by atoms with Crippen LogP contribution in [0.3, 0.4) is 0 Å². The Morgan fingerprint density at radius 1 is 1.32 bits per heavy atom. The van der Waals surface area contributed by atoms with Crippen LogP contribution in [0.1, 0.15) is 43.4 Å². The van der Waals surface area contributed by atoms with E-state index >= 15 is 0 Å². The number of aliphatic carboxylic acids is 1. The number of nitrogens with zero attached hydrogens (tertiary/aromatic N) is 3. The van der Waals surface area contributed by atoms with Crippen molar-refractivity contribution in [3.8, 4) is 17.6 Å². The van der Waals surface area contributed by atoms with E-state index in [1.807, 2.05) is 23.6 Å². The summed E-state index contributed by atoms with van der Waals surface area (Å²) in [4.78, 5) is 22.6. The predicted octanol–water partition coefficient (Wildman–Crippen LogP) is 5.28. The number of pyridine rings is 1. The van der Waals surface area contributed by atoms with Crippen molar-refractivity contribution in [3.05, 3.63) is 51.6 Å². The van der Waals surface area contributed by atoms with Crippen LogP contribution in [0.15, 0.2) is 35.3 Å². The van der Waals surface area contributed by atoms with Crippen molar-refractivity contribution in [3.63, 3.8) is 0 Å². The standard InChI is InChI=1S/C26H28ClN3O3S/c1-33-20-6-7-24-22(14-20)21(23(27)16-28-24)5-2-8-26(15-25(31)32)9-12-30(13-10-26)11-3-4-19-17-34-18-29-19/h6-7,14,16-18H,2,5,8-13,15H2,1H3,(H,31,32). The van der Waals surface area contributed by atoms with E-state index < -0.39 is 5.97 Å². The Hall–Kier alpha value is -2.66. The zero-order valence-electron chi connectivity index (χ0n) is 19.2.